The van der Waals surface area contributed by atoms with E-state index in [1.807, 2.05) is 48.7 Å². The third-order valence-electron chi connectivity index (χ3n) is 6.50. The zero-order valence-electron chi connectivity index (χ0n) is 19.8. The fourth-order valence-electron chi connectivity index (χ4n) is 4.58. The van der Waals surface area contributed by atoms with E-state index in [1.54, 1.807) is 12.3 Å². The zero-order chi connectivity index (χ0) is 24.5. The molecule has 0 spiro atoms. The summed E-state index contributed by atoms with van der Waals surface area (Å²) in [5.74, 6) is -0.368. The lowest BCUT2D eigenvalue weighted by Gasteiger charge is -2.29. The van der Waals surface area contributed by atoms with E-state index < -0.39 is 0 Å². The highest BCUT2D eigenvalue weighted by Gasteiger charge is 2.42. The number of carbonyl (C=O) groups is 1. The van der Waals surface area contributed by atoms with Gasteiger partial charge in [0.2, 0.25) is 0 Å². The van der Waals surface area contributed by atoms with Gasteiger partial charge in [-0.2, -0.15) is 0 Å². The van der Waals surface area contributed by atoms with Gasteiger partial charge in [-0.25, -0.2) is 4.79 Å². The van der Waals surface area contributed by atoms with Crippen LogP contribution in [0.1, 0.15) is 45.0 Å². The van der Waals surface area contributed by atoms with Gasteiger partial charge in [-0.1, -0.05) is 18.2 Å². The molecule has 6 nitrogen and oxygen atoms in total. The van der Waals surface area contributed by atoms with Crippen LogP contribution in [0.4, 0.5) is 5.69 Å². The first-order valence-electron chi connectivity index (χ1n) is 11.4. The summed E-state index contributed by atoms with van der Waals surface area (Å²) >= 11 is 5.87. The van der Waals surface area contributed by atoms with E-state index in [0.29, 0.717) is 10.7 Å². The number of carbonyl (C=O) groups excluding carboxylic acids is 1. The number of pyridine rings is 1. The number of esters is 1. The molecule has 2 atom stereocenters. The normalized spacial score (nSPS) is 17.3. The summed E-state index contributed by atoms with van der Waals surface area (Å²) in [5, 5.41) is 4.16. The van der Waals surface area contributed by atoms with E-state index in [2.05, 4.69) is 57.9 Å². The molecule has 4 aromatic rings. The highest BCUT2D eigenvalue weighted by molar-refractivity contribution is 7.80. The number of thiocarbonyl (C=S) groups is 1. The van der Waals surface area contributed by atoms with Crippen molar-refractivity contribution in [3.8, 4) is 5.69 Å². The van der Waals surface area contributed by atoms with Crippen molar-refractivity contribution >= 4 is 29.0 Å². The molecule has 35 heavy (non-hydrogen) atoms. The number of nitrogens with zero attached hydrogens (tertiary/aromatic N) is 3. The van der Waals surface area contributed by atoms with Gasteiger partial charge < -0.3 is 19.5 Å². The Morgan fingerprint density at radius 2 is 1.83 bits per heavy atom. The summed E-state index contributed by atoms with van der Waals surface area (Å²) < 4.78 is 7.03. The summed E-state index contributed by atoms with van der Waals surface area (Å²) in [5.41, 5.74) is 6.74. The Kier molecular flexibility index (Phi) is 6.09. The average molecular weight is 483 g/mol. The Balaban J connectivity index is 1.66. The summed E-state index contributed by atoms with van der Waals surface area (Å²) in [6.07, 6.45) is 3.80. The van der Waals surface area contributed by atoms with Gasteiger partial charge in [0, 0.05) is 29.5 Å². The first-order chi connectivity index (χ1) is 17.0. The molecular weight excluding hydrogens is 456 g/mol. The van der Waals surface area contributed by atoms with E-state index in [0.717, 1.165) is 22.8 Å². The van der Waals surface area contributed by atoms with Crippen molar-refractivity contribution in [2.24, 2.45) is 0 Å². The maximum Gasteiger partial charge on any atom is 0.337 e. The molecule has 5 rings (SSSR count). The number of aryl methyl sites for hydroxylation is 2. The first-order valence-corrected chi connectivity index (χ1v) is 11.8. The van der Waals surface area contributed by atoms with E-state index in [-0.39, 0.29) is 18.1 Å². The maximum atomic E-state index is 12.2. The molecule has 0 aliphatic carbocycles. The van der Waals surface area contributed by atoms with E-state index in [4.69, 9.17) is 17.0 Å². The Labute approximate surface area is 210 Å². The third-order valence-corrected chi connectivity index (χ3v) is 6.81. The molecule has 3 heterocycles. The molecule has 1 fully saturated rings. The lowest BCUT2D eigenvalue weighted by atomic mass is 10.00. The van der Waals surface area contributed by atoms with Gasteiger partial charge in [0.25, 0.3) is 0 Å². The van der Waals surface area contributed by atoms with Crippen molar-refractivity contribution in [3.05, 3.63) is 113 Å². The molecule has 0 bridgehead atoms. The SMILES string of the molecule is COC(=O)c1cccc(-n2cccc2[C@H]2[C@H](c3ccccn3)NC(=S)N2c2ccc(C)c(C)c2)c1. The van der Waals surface area contributed by atoms with Crippen LogP contribution in [0, 0.1) is 13.8 Å². The Morgan fingerprint density at radius 1 is 0.971 bits per heavy atom. The minimum absolute atomic E-state index is 0.164. The molecule has 0 unspecified atom stereocenters. The highest BCUT2D eigenvalue weighted by atomic mass is 32.1. The molecule has 0 saturated carbocycles. The van der Waals surface area contributed by atoms with Gasteiger partial charge >= 0.3 is 5.97 Å². The molecule has 0 amide bonds. The van der Waals surface area contributed by atoms with Crippen LogP contribution in [0.2, 0.25) is 0 Å². The van der Waals surface area contributed by atoms with Crippen molar-refractivity contribution in [3.63, 3.8) is 0 Å². The van der Waals surface area contributed by atoms with Crippen molar-refractivity contribution < 1.29 is 9.53 Å². The molecule has 2 aromatic heterocycles. The first kappa shape index (κ1) is 22.8. The van der Waals surface area contributed by atoms with Crippen LogP contribution in [0.3, 0.4) is 0 Å². The van der Waals surface area contributed by atoms with Crippen LogP contribution in [0.25, 0.3) is 5.69 Å². The number of anilines is 1. The molecule has 176 valence electrons. The third kappa shape index (κ3) is 4.19. The lowest BCUT2D eigenvalue weighted by molar-refractivity contribution is 0.0600. The fraction of sp³-hybridized carbons (Fsp3) is 0.179. The monoisotopic (exact) mass is 482 g/mol. The molecule has 0 radical (unpaired) electrons. The largest absolute Gasteiger partial charge is 0.465 e. The van der Waals surface area contributed by atoms with Crippen LogP contribution in [0.15, 0.2) is 85.2 Å². The minimum Gasteiger partial charge on any atom is -0.465 e. The molecule has 7 heteroatoms. The predicted octanol–water partition coefficient (Wildman–Crippen LogP) is 5.45. The molecule has 1 aliphatic rings. The number of ether oxygens (including phenoxy) is 1. The van der Waals surface area contributed by atoms with Crippen molar-refractivity contribution in [2.75, 3.05) is 12.0 Å². The Bertz CT molecular complexity index is 1400. The van der Waals surface area contributed by atoms with Crippen LogP contribution in [0.5, 0.6) is 0 Å². The van der Waals surface area contributed by atoms with Crippen LogP contribution in [-0.4, -0.2) is 27.7 Å². The summed E-state index contributed by atoms with van der Waals surface area (Å²) in [7, 11) is 1.39. The number of hydrogen-bond acceptors (Lipinski definition) is 4. The molecule has 1 saturated heterocycles. The highest BCUT2D eigenvalue weighted by Crippen LogP contribution is 2.42. The van der Waals surface area contributed by atoms with Crippen LogP contribution in [-0.2, 0) is 4.74 Å². The average Bonchev–Trinajstić information content (AvgIpc) is 3.50. The Morgan fingerprint density at radius 3 is 2.57 bits per heavy atom. The van der Waals surface area contributed by atoms with E-state index >= 15 is 0 Å². The van der Waals surface area contributed by atoms with Crippen LogP contribution >= 0.6 is 12.2 Å². The van der Waals surface area contributed by atoms with Crippen molar-refractivity contribution in [1.82, 2.24) is 14.9 Å². The number of benzene rings is 2. The minimum atomic E-state index is -0.368. The molecular formula is C28H26N4O2S. The smallest absolute Gasteiger partial charge is 0.337 e. The molecule has 1 aliphatic heterocycles. The molecule has 2 aromatic carbocycles. The summed E-state index contributed by atoms with van der Waals surface area (Å²) in [6.45, 7) is 4.21. The predicted molar refractivity (Wildman–Crippen MR) is 141 cm³/mol. The summed E-state index contributed by atoms with van der Waals surface area (Å²) in [4.78, 5) is 19.0. The van der Waals surface area contributed by atoms with E-state index in [1.165, 1.54) is 18.2 Å². The Hall–Kier alpha value is -3.97. The standard InChI is InChI=1S/C28H26N4O2S/c1-18-12-13-22(16-19(18)2)32-26(25(30-28(32)35)23-10-4-5-14-29-23)24-11-7-15-31(24)21-9-6-8-20(17-21)27(33)34-3/h4-17,25-26H,1-3H3,(H,30,35)/t25-,26-/m0/s1. The van der Waals surface area contributed by atoms with Gasteiger partial charge in [-0.3, -0.25) is 4.98 Å². The van der Waals surface area contributed by atoms with Gasteiger partial charge in [-0.15, -0.1) is 0 Å². The number of methoxy groups -OCH3 is 1. The lowest BCUT2D eigenvalue weighted by Crippen LogP contribution is -2.30. The molecule has 1 N–H and O–H groups in total. The number of rotatable bonds is 5. The van der Waals surface area contributed by atoms with E-state index in [9.17, 15) is 4.79 Å². The van der Waals surface area contributed by atoms with Gasteiger partial charge in [0.15, 0.2) is 5.11 Å². The summed E-state index contributed by atoms with van der Waals surface area (Å²) in [6, 6.07) is 23.5. The van der Waals surface area contributed by atoms with Crippen LogP contribution < -0.4 is 10.2 Å². The quantitative estimate of drug-likeness (QED) is 0.301. The number of hydrogen-bond donors (Lipinski definition) is 1. The second kappa shape index (κ2) is 9.35. The van der Waals surface area contributed by atoms with Gasteiger partial charge in [0.05, 0.1) is 24.4 Å². The second-order valence-electron chi connectivity index (χ2n) is 8.61. The second-order valence-corrected chi connectivity index (χ2v) is 9.00. The number of nitrogens with one attached hydrogen (secondary N) is 1. The van der Waals surface area contributed by atoms with Crippen molar-refractivity contribution in [1.29, 1.82) is 0 Å². The fourth-order valence-corrected chi connectivity index (χ4v) is 4.93. The van der Waals surface area contributed by atoms with Gasteiger partial charge in [-0.05, 0) is 91.8 Å². The maximum absolute atomic E-state index is 12.2. The number of aromatic nitrogens is 2. The van der Waals surface area contributed by atoms with Gasteiger partial charge in [0.1, 0.15) is 6.04 Å². The topological polar surface area (TPSA) is 59.4 Å². The zero-order valence-corrected chi connectivity index (χ0v) is 20.6. The van der Waals surface area contributed by atoms with Crippen molar-refractivity contribution in [2.45, 2.75) is 25.9 Å².